The van der Waals surface area contributed by atoms with Crippen LogP contribution in [0.1, 0.15) is 11.3 Å². The Labute approximate surface area is 85.4 Å². The zero-order valence-corrected chi connectivity index (χ0v) is 8.44. The van der Waals surface area contributed by atoms with Crippen molar-refractivity contribution >= 4 is 23.3 Å². The molecule has 1 aromatic carbocycles. The molecule has 80 valence electrons. The van der Waals surface area contributed by atoms with E-state index in [0.717, 1.165) is 17.3 Å². The van der Waals surface area contributed by atoms with Crippen molar-refractivity contribution in [1.82, 2.24) is 4.98 Å². The third-order valence-corrected chi connectivity index (χ3v) is 2.52. The van der Waals surface area contributed by atoms with Gasteiger partial charge < -0.3 is 17.9 Å². The highest BCUT2D eigenvalue weighted by Crippen LogP contribution is 2.21. The first kappa shape index (κ1) is 10.1. The van der Waals surface area contributed by atoms with Crippen molar-refractivity contribution in [3.05, 3.63) is 29.5 Å². The lowest BCUT2D eigenvalue weighted by Crippen LogP contribution is -2.34. The number of aryl methyl sites for hydroxylation is 2. The largest absolute Gasteiger partial charge is 0.510 e. The zero-order valence-electron chi connectivity index (χ0n) is 8.44. The van der Waals surface area contributed by atoms with E-state index in [-0.39, 0.29) is 5.39 Å². The molecule has 1 heterocycles. The summed E-state index contributed by atoms with van der Waals surface area (Å²) in [7, 11) is 0. The molecule has 0 spiro atoms. The number of rotatable bonds is 1. The molecule has 15 heavy (non-hydrogen) atoms. The van der Waals surface area contributed by atoms with Gasteiger partial charge in [0.25, 0.3) is 0 Å². The summed E-state index contributed by atoms with van der Waals surface area (Å²) in [4.78, 5) is 2.95. The van der Waals surface area contributed by atoms with E-state index >= 15 is 0 Å². The molecule has 0 radical (unpaired) electrons. The average molecular weight is 212 g/mol. The monoisotopic (exact) mass is 212 g/mol. The van der Waals surface area contributed by atoms with Crippen LogP contribution in [0.4, 0.5) is 12.9 Å². The molecule has 1 N–H and O–H groups in total. The van der Waals surface area contributed by atoms with E-state index in [1.54, 1.807) is 19.9 Å². The van der Waals surface area contributed by atoms with E-state index in [0.29, 0.717) is 5.52 Å². The third-order valence-electron chi connectivity index (χ3n) is 2.52. The molecule has 0 unspecified atom stereocenters. The summed E-state index contributed by atoms with van der Waals surface area (Å²) in [6, 6.07) is 4.21. The molecule has 2 rings (SSSR count). The smallest absolute Gasteiger partial charge is 0.445 e. The van der Waals surface area contributed by atoms with Crippen molar-refractivity contribution in [3.8, 4) is 0 Å². The van der Waals surface area contributed by atoms with Gasteiger partial charge in [0.1, 0.15) is 0 Å². The van der Waals surface area contributed by atoms with E-state index in [1.807, 2.05) is 0 Å². The van der Waals surface area contributed by atoms with Crippen LogP contribution in [0.2, 0.25) is 0 Å². The van der Waals surface area contributed by atoms with Gasteiger partial charge in [-0.05, 0) is 30.9 Å². The lowest BCUT2D eigenvalue weighted by Gasteiger charge is -2.16. The molecule has 5 heteroatoms. The number of aromatic nitrogens is 1. The maximum absolute atomic E-state index is 12.7. The van der Waals surface area contributed by atoms with Crippen molar-refractivity contribution < 1.29 is 12.9 Å². The fraction of sp³-hybridized carbons (Fsp3) is 0.200. The SMILES string of the molecule is Cc1cc2c([B-](F)(F)F)ccc(C)c2[nH]1. The summed E-state index contributed by atoms with van der Waals surface area (Å²) in [6.07, 6.45) is 0. The molecule has 0 atom stereocenters. The second-order valence-electron chi connectivity index (χ2n) is 3.79. The topological polar surface area (TPSA) is 15.8 Å². The summed E-state index contributed by atoms with van der Waals surface area (Å²) < 4.78 is 38.1. The van der Waals surface area contributed by atoms with Crippen molar-refractivity contribution in [2.45, 2.75) is 13.8 Å². The molecule has 1 nitrogen and oxygen atoms in total. The van der Waals surface area contributed by atoms with Crippen LogP contribution in [0.3, 0.4) is 0 Å². The first-order chi connectivity index (χ1) is 6.89. The van der Waals surface area contributed by atoms with Gasteiger partial charge in [0, 0.05) is 11.2 Å². The van der Waals surface area contributed by atoms with Gasteiger partial charge in [-0.2, -0.15) is 0 Å². The summed E-state index contributed by atoms with van der Waals surface area (Å²) >= 11 is 0. The van der Waals surface area contributed by atoms with Gasteiger partial charge in [-0.1, -0.05) is 17.6 Å². The van der Waals surface area contributed by atoms with E-state index < -0.39 is 12.4 Å². The molecule has 0 bridgehead atoms. The number of benzene rings is 1. The first-order valence-electron chi connectivity index (χ1n) is 4.68. The van der Waals surface area contributed by atoms with Gasteiger partial charge in [0.05, 0.1) is 0 Å². The van der Waals surface area contributed by atoms with Crippen LogP contribution >= 0.6 is 0 Å². The summed E-state index contributed by atoms with van der Waals surface area (Å²) in [5.74, 6) is 0. The van der Waals surface area contributed by atoms with Crippen LogP contribution in [0, 0.1) is 13.8 Å². The number of hydrogen-bond acceptors (Lipinski definition) is 0. The Hall–Kier alpha value is -1.39. The molecule has 0 saturated heterocycles. The number of fused-ring (bicyclic) bond motifs is 1. The van der Waals surface area contributed by atoms with Crippen LogP contribution < -0.4 is 5.46 Å². The van der Waals surface area contributed by atoms with Crippen LogP contribution in [-0.2, 0) is 0 Å². The van der Waals surface area contributed by atoms with E-state index in [9.17, 15) is 12.9 Å². The average Bonchev–Trinajstić information content (AvgIpc) is 2.45. The maximum Gasteiger partial charge on any atom is 0.510 e. The minimum absolute atomic E-state index is 0.278. The Kier molecular flexibility index (Phi) is 2.06. The number of aromatic amines is 1. The van der Waals surface area contributed by atoms with Gasteiger partial charge in [0.15, 0.2) is 0 Å². The van der Waals surface area contributed by atoms with Crippen molar-refractivity contribution in [1.29, 1.82) is 0 Å². The molecule has 0 aliphatic rings. The van der Waals surface area contributed by atoms with Gasteiger partial charge in [-0.25, -0.2) is 0 Å². The lowest BCUT2D eigenvalue weighted by molar-refractivity contribution is 0.502. The highest BCUT2D eigenvalue weighted by Gasteiger charge is 2.28. The van der Waals surface area contributed by atoms with Gasteiger partial charge in [-0.15, -0.1) is 0 Å². The number of H-pyrrole nitrogens is 1. The van der Waals surface area contributed by atoms with Crippen LogP contribution in [0.5, 0.6) is 0 Å². The third kappa shape index (κ3) is 1.62. The zero-order chi connectivity index (χ0) is 11.2. The van der Waals surface area contributed by atoms with Crippen LogP contribution in [-0.4, -0.2) is 12.0 Å². The van der Waals surface area contributed by atoms with Crippen molar-refractivity contribution in [3.63, 3.8) is 0 Å². The van der Waals surface area contributed by atoms with E-state index in [1.165, 1.54) is 6.07 Å². The molecular weight excluding hydrogens is 202 g/mol. The number of halogens is 3. The quantitative estimate of drug-likeness (QED) is 0.699. The Morgan fingerprint density at radius 3 is 2.40 bits per heavy atom. The normalized spacial score (nSPS) is 12.3. The second-order valence-corrected chi connectivity index (χ2v) is 3.79. The predicted octanol–water partition coefficient (Wildman–Crippen LogP) is 2.84. The fourth-order valence-corrected chi connectivity index (χ4v) is 1.80. The summed E-state index contributed by atoms with van der Waals surface area (Å²) in [5.41, 5.74) is 1.66. The van der Waals surface area contributed by atoms with Crippen LogP contribution in [0.25, 0.3) is 10.9 Å². The number of nitrogens with one attached hydrogen (secondary N) is 1. The molecular formula is C10H10BF3N-. The van der Waals surface area contributed by atoms with Gasteiger partial charge in [-0.3, -0.25) is 0 Å². The lowest BCUT2D eigenvalue weighted by atomic mass is 9.77. The molecule has 2 aromatic rings. The predicted molar refractivity (Wildman–Crippen MR) is 56.5 cm³/mol. The van der Waals surface area contributed by atoms with Crippen molar-refractivity contribution in [2.24, 2.45) is 0 Å². The Bertz CT molecular complexity index is 513. The standard InChI is InChI=1S/C10H10BF3N/c1-6-3-4-9(11(12,13)14)8-5-7(2)15-10(6)8/h3-5,15H,1-2H3/q-1. The maximum atomic E-state index is 12.7. The molecule has 0 fully saturated rings. The molecule has 0 saturated carbocycles. The Balaban J connectivity index is 2.83. The van der Waals surface area contributed by atoms with E-state index in [4.69, 9.17) is 0 Å². The summed E-state index contributed by atoms with van der Waals surface area (Å²) in [5, 5.41) is 0.278. The Morgan fingerprint density at radius 2 is 1.80 bits per heavy atom. The first-order valence-corrected chi connectivity index (χ1v) is 4.68. The number of hydrogen-bond donors (Lipinski definition) is 1. The molecule has 0 aliphatic heterocycles. The summed E-state index contributed by atoms with van der Waals surface area (Å²) in [6.45, 7) is -1.38. The molecule has 0 aliphatic carbocycles. The van der Waals surface area contributed by atoms with Gasteiger partial charge in [0.2, 0.25) is 0 Å². The molecule has 1 aromatic heterocycles. The molecule has 0 amide bonds. The Morgan fingerprint density at radius 1 is 1.13 bits per heavy atom. The minimum atomic E-state index is -4.94. The highest BCUT2D eigenvalue weighted by atomic mass is 19.4. The van der Waals surface area contributed by atoms with Gasteiger partial charge >= 0.3 is 6.98 Å². The fourth-order valence-electron chi connectivity index (χ4n) is 1.80. The second kappa shape index (κ2) is 3.05. The minimum Gasteiger partial charge on any atom is -0.445 e. The van der Waals surface area contributed by atoms with E-state index in [2.05, 4.69) is 4.98 Å². The van der Waals surface area contributed by atoms with Crippen LogP contribution in [0.15, 0.2) is 18.2 Å². The van der Waals surface area contributed by atoms with Crippen molar-refractivity contribution in [2.75, 3.05) is 0 Å². The highest BCUT2D eigenvalue weighted by molar-refractivity contribution is 6.76.